The van der Waals surface area contributed by atoms with Crippen LogP contribution in [0.5, 0.6) is 0 Å². The molecule has 0 amide bonds. The number of rotatable bonds is 0. The van der Waals surface area contributed by atoms with Crippen molar-refractivity contribution in [3.63, 3.8) is 0 Å². The SMILES string of the molecule is Nc1cc(C(F)(F)F)ncn1.[H-].[Na+]. The fourth-order valence-electron chi connectivity index (χ4n) is 0.527. The van der Waals surface area contributed by atoms with E-state index in [1.54, 1.807) is 0 Å². The van der Waals surface area contributed by atoms with Crippen molar-refractivity contribution < 1.29 is 44.2 Å². The number of nitrogens with two attached hydrogens (primary N) is 1. The summed E-state index contributed by atoms with van der Waals surface area (Å²) in [6.45, 7) is 0. The molecule has 0 aliphatic rings. The van der Waals surface area contributed by atoms with Gasteiger partial charge in [0.2, 0.25) is 0 Å². The monoisotopic (exact) mass is 187 g/mol. The van der Waals surface area contributed by atoms with Crippen LogP contribution in [0.4, 0.5) is 19.0 Å². The molecule has 1 aromatic heterocycles. The van der Waals surface area contributed by atoms with Crippen LogP contribution in [0.15, 0.2) is 12.4 Å². The third-order valence-corrected chi connectivity index (χ3v) is 0.979. The van der Waals surface area contributed by atoms with E-state index in [0.717, 1.165) is 6.33 Å². The molecule has 0 aliphatic heterocycles. The quantitative estimate of drug-likeness (QED) is 0.487. The molecule has 3 nitrogen and oxygen atoms in total. The molecule has 2 N–H and O–H groups in total. The molecule has 0 fully saturated rings. The molecular formula is C5H5F3N3Na. The van der Waals surface area contributed by atoms with Gasteiger partial charge in [0.1, 0.15) is 17.8 Å². The molecule has 0 saturated carbocycles. The van der Waals surface area contributed by atoms with Gasteiger partial charge in [-0.2, -0.15) is 13.2 Å². The number of alkyl halides is 3. The first-order valence-electron chi connectivity index (χ1n) is 2.65. The number of halogens is 3. The average Bonchev–Trinajstić information content (AvgIpc) is 1.86. The van der Waals surface area contributed by atoms with Crippen molar-refractivity contribution in [1.82, 2.24) is 9.97 Å². The van der Waals surface area contributed by atoms with Gasteiger partial charge in [0.05, 0.1) is 0 Å². The summed E-state index contributed by atoms with van der Waals surface area (Å²) >= 11 is 0. The van der Waals surface area contributed by atoms with Crippen molar-refractivity contribution in [2.45, 2.75) is 6.18 Å². The summed E-state index contributed by atoms with van der Waals surface area (Å²) in [5.41, 5.74) is 3.98. The molecule has 7 heteroatoms. The van der Waals surface area contributed by atoms with Crippen molar-refractivity contribution in [2.24, 2.45) is 0 Å². The zero-order valence-electron chi connectivity index (χ0n) is 7.26. The van der Waals surface area contributed by atoms with E-state index in [-0.39, 0.29) is 36.8 Å². The second-order valence-electron chi connectivity index (χ2n) is 1.83. The third-order valence-electron chi connectivity index (χ3n) is 0.979. The van der Waals surface area contributed by atoms with Gasteiger partial charge in [0, 0.05) is 6.07 Å². The molecule has 62 valence electrons. The Hall–Kier alpha value is -0.330. The number of nitrogen functional groups attached to an aromatic ring is 1. The van der Waals surface area contributed by atoms with Crippen molar-refractivity contribution in [3.8, 4) is 0 Å². The Morgan fingerprint density at radius 2 is 1.92 bits per heavy atom. The van der Waals surface area contributed by atoms with Crippen LogP contribution in [0, 0.1) is 0 Å². The fraction of sp³-hybridized carbons (Fsp3) is 0.200. The van der Waals surface area contributed by atoms with Crippen molar-refractivity contribution in [2.75, 3.05) is 5.73 Å². The van der Waals surface area contributed by atoms with Gasteiger partial charge >= 0.3 is 35.7 Å². The van der Waals surface area contributed by atoms with E-state index >= 15 is 0 Å². The summed E-state index contributed by atoms with van der Waals surface area (Å²) in [5.74, 6) is -0.188. The first-order valence-corrected chi connectivity index (χ1v) is 2.65. The molecule has 1 heterocycles. The molecular weight excluding hydrogens is 182 g/mol. The van der Waals surface area contributed by atoms with E-state index in [1.807, 2.05) is 0 Å². The number of anilines is 1. The molecule has 0 radical (unpaired) electrons. The Morgan fingerprint density at radius 3 is 2.25 bits per heavy atom. The van der Waals surface area contributed by atoms with Gasteiger partial charge in [-0.25, -0.2) is 9.97 Å². The minimum Gasteiger partial charge on any atom is -1.00 e. The molecule has 0 unspecified atom stereocenters. The summed E-state index contributed by atoms with van der Waals surface area (Å²) in [6.07, 6.45) is -3.67. The summed E-state index contributed by atoms with van der Waals surface area (Å²) in [5, 5.41) is 0. The predicted molar refractivity (Wildman–Crippen MR) is 32.6 cm³/mol. The van der Waals surface area contributed by atoms with Gasteiger partial charge in [-0.3, -0.25) is 0 Å². The Kier molecular flexibility index (Phi) is 3.95. The summed E-state index contributed by atoms with van der Waals surface area (Å²) < 4.78 is 35.5. The molecule has 0 spiro atoms. The maximum atomic E-state index is 11.8. The zero-order valence-corrected chi connectivity index (χ0v) is 8.26. The van der Waals surface area contributed by atoms with Crippen LogP contribution in [-0.2, 0) is 6.18 Å². The summed E-state index contributed by atoms with van der Waals surface area (Å²) in [7, 11) is 0. The van der Waals surface area contributed by atoms with Gasteiger partial charge in [0.25, 0.3) is 0 Å². The van der Waals surface area contributed by atoms with Crippen LogP contribution in [0.3, 0.4) is 0 Å². The molecule has 1 aromatic rings. The zero-order chi connectivity index (χ0) is 8.48. The molecule has 0 atom stereocenters. The van der Waals surface area contributed by atoms with Crippen LogP contribution >= 0.6 is 0 Å². The van der Waals surface area contributed by atoms with Crippen LogP contribution in [0.2, 0.25) is 0 Å². The largest absolute Gasteiger partial charge is 1.00 e. The van der Waals surface area contributed by atoms with Crippen molar-refractivity contribution >= 4 is 5.82 Å². The van der Waals surface area contributed by atoms with E-state index in [4.69, 9.17) is 5.73 Å². The molecule has 0 aliphatic carbocycles. The average molecular weight is 187 g/mol. The van der Waals surface area contributed by atoms with E-state index < -0.39 is 11.9 Å². The third kappa shape index (κ3) is 2.96. The maximum absolute atomic E-state index is 11.8. The van der Waals surface area contributed by atoms with E-state index in [2.05, 4.69) is 9.97 Å². The first kappa shape index (κ1) is 11.7. The summed E-state index contributed by atoms with van der Waals surface area (Å²) in [4.78, 5) is 6.31. The molecule has 12 heavy (non-hydrogen) atoms. The maximum Gasteiger partial charge on any atom is 1.00 e. The van der Waals surface area contributed by atoms with E-state index in [9.17, 15) is 13.2 Å². The van der Waals surface area contributed by atoms with E-state index in [0.29, 0.717) is 6.07 Å². The smallest absolute Gasteiger partial charge is 1.00 e. The van der Waals surface area contributed by atoms with Gasteiger partial charge in [-0.15, -0.1) is 0 Å². The number of nitrogens with zero attached hydrogens (tertiary/aromatic N) is 2. The number of hydrogen-bond acceptors (Lipinski definition) is 3. The second-order valence-corrected chi connectivity index (χ2v) is 1.83. The van der Waals surface area contributed by atoms with Crippen LogP contribution in [0.25, 0.3) is 0 Å². The Morgan fingerprint density at radius 1 is 1.33 bits per heavy atom. The second kappa shape index (κ2) is 4.06. The van der Waals surface area contributed by atoms with Crippen LogP contribution in [-0.4, -0.2) is 9.97 Å². The van der Waals surface area contributed by atoms with Crippen LogP contribution < -0.4 is 35.3 Å². The van der Waals surface area contributed by atoms with Gasteiger partial charge in [-0.05, 0) is 0 Å². The standard InChI is InChI=1S/C5H4F3N3.Na.H/c6-5(7,8)3-1-4(9)11-2-10-3;;/h1-2H,(H2,9,10,11);;/q;+1;-1. The van der Waals surface area contributed by atoms with Gasteiger partial charge in [0.15, 0.2) is 0 Å². The Labute approximate surface area is 90.0 Å². The molecule has 1 rings (SSSR count). The Balaban J connectivity index is 0. The first-order chi connectivity index (χ1) is 5.00. The van der Waals surface area contributed by atoms with Crippen molar-refractivity contribution in [1.29, 1.82) is 0 Å². The predicted octanol–water partition coefficient (Wildman–Crippen LogP) is -1.81. The topological polar surface area (TPSA) is 51.8 Å². The number of aromatic nitrogens is 2. The summed E-state index contributed by atoms with van der Waals surface area (Å²) in [6, 6.07) is 0.681. The molecule has 0 bridgehead atoms. The van der Waals surface area contributed by atoms with Crippen LogP contribution in [0.1, 0.15) is 7.12 Å². The minimum absolute atomic E-state index is 0. The van der Waals surface area contributed by atoms with E-state index in [1.165, 1.54) is 0 Å². The van der Waals surface area contributed by atoms with Crippen molar-refractivity contribution in [3.05, 3.63) is 18.1 Å². The minimum atomic E-state index is -4.45. The number of hydrogen-bond donors (Lipinski definition) is 1. The van der Waals surface area contributed by atoms with Gasteiger partial charge in [-0.1, -0.05) is 0 Å². The normalized spacial score (nSPS) is 10.6. The fourth-order valence-corrected chi connectivity index (χ4v) is 0.527. The molecule has 0 aromatic carbocycles. The Bertz CT molecular complexity index is 267. The molecule has 0 saturated heterocycles. The van der Waals surface area contributed by atoms with Gasteiger partial charge < -0.3 is 7.16 Å².